The molecule has 29 heavy (non-hydrogen) atoms. The number of amides is 1. The fourth-order valence-corrected chi connectivity index (χ4v) is 3.78. The van der Waals surface area contributed by atoms with Gasteiger partial charge in [-0.2, -0.15) is 0 Å². The summed E-state index contributed by atoms with van der Waals surface area (Å²) in [5.74, 6) is 0.570. The van der Waals surface area contributed by atoms with Crippen molar-refractivity contribution in [1.29, 1.82) is 0 Å². The summed E-state index contributed by atoms with van der Waals surface area (Å²) in [5, 5.41) is 3.06. The van der Waals surface area contributed by atoms with E-state index >= 15 is 0 Å². The van der Waals surface area contributed by atoms with Gasteiger partial charge in [0.05, 0.1) is 12.2 Å². The van der Waals surface area contributed by atoms with Crippen LogP contribution < -0.4 is 5.32 Å². The third-order valence-corrected chi connectivity index (χ3v) is 5.05. The first-order valence-electron chi connectivity index (χ1n) is 9.87. The van der Waals surface area contributed by atoms with Gasteiger partial charge in [-0.3, -0.25) is 9.78 Å². The van der Waals surface area contributed by atoms with Gasteiger partial charge >= 0.3 is 0 Å². The van der Waals surface area contributed by atoms with Gasteiger partial charge in [-0.1, -0.05) is 36.4 Å². The predicted octanol–water partition coefficient (Wildman–Crippen LogP) is 3.51. The van der Waals surface area contributed by atoms with E-state index in [9.17, 15) is 4.79 Å². The van der Waals surface area contributed by atoms with Gasteiger partial charge in [-0.25, -0.2) is 9.97 Å². The van der Waals surface area contributed by atoms with Crippen molar-refractivity contribution in [3.63, 3.8) is 0 Å². The van der Waals surface area contributed by atoms with Crippen LogP contribution in [0.5, 0.6) is 0 Å². The third kappa shape index (κ3) is 5.03. The predicted molar refractivity (Wildman–Crippen MR) is 110 cm³/mol. The summed E-state index contributed by atoms with van der Waals surface area (Å²) in [6.07, 6.45) is 7.49. The zero-order chi connectivity index (χ0) is 20.1. The van der Waals surface area contributed by atoms with E-state index in [2.05, 4.69) is 32.4 Å². The van der Waals surface area contributed by atoms with E-state index in [0.29, 0.717) is 12.2 Å². The van der Waals surface area contributed by atoms with Crippen molar-refractivity contribution in [3.05, 3.63) is 78.2 Å². The second-order valence-electron chi connectivity index (χ2n) is 7.36. The summed E-state index contributed by atoms with van der Waals surface area (Å²) in [6.45, 7) is 1.56. The smallest absolute Gasteiger partial charge is 0.217 e. The molecule has 1 fully saturated rings. The summed E-state index contributed by atoms with van der Waals surface area (Å²) < 4.78 is 6.39. The molecule has 0 radical (unpaired) electrons. The molecule has 148 valence electrons. The van der Waals surface area contributed by atoms with Crippen LogP contribution in [0, 0.1) is 0 Å². The normalized spacial score (nSPS) is 21.5. The van der Waals surface area contributed by atoms with Crippen LogP contribution in [0.25, 0.3) is 11.5 Å². The molecule has 0 aliphatic carbocycles. The summed E-state index contributed by atoms with van der Waals surface area (Å²) in [5.41, 5.74) is 2.88. The highest BCUT2D eigenvalue weighted by atomic mass is 16.5. The lowest BCUT2D eigenvalue weighted by molar-refractivity contribution is -0.122. The number of hydrogen-bond acceptors (Lipinski definition) is 5. The molecule has 3 unspecified atom stereocenters. The topological polar surface area (TPSA) is 77.0 Å². The van der Waals surface area contributed by atoms with Crippen molar-refractivity contribution in [2.45, 2.75) is 44.4 Å². The van der Waals surface area contributed by atoms with Crippen molar-refractivity contribution in [1.82, 2.24) is 20.3 Å². The molecule has 1 saturated heterocycles. The lowest BCUT2D eigenvalue weighted by Gasteiger charge is -2.36. The van der Waals surface area contributed by atoms with E-state index in [0.717, 1.165) is 24.1 Å². The van der Waals surface area contributed by atoms with E-state index in [1.54, 1.807) is 25.5 Å². The Hall–Kier alpha value is -3.12. The Bertz CT molecular complexity index is 932. The maximum Gasteiger partial charge on any atom is 0.217 e. The van der Waals surface area contributed by atoms with E-state index < -0.39 is 0 Å². The summed E-state index contributed by atoms with van der Waals surface area (Å²) in [7, 11) is 0. The molecule has 4 rings (SSSR count). The average Bonchev–Trinajstić information content (AvgIpc) is 2.75. The number of rotatable bonds is 5. The van der Waals surface area contributed by atoms with Crippen molar-refractivity contribution in [2.24, 2.45) is 0 Å². The third-order valence-electron chi connectivity index (χ3n) is 5.05. The van der Waals surface area contributed by atoms with Gasteiger partial charge < -0.3 is 10.1 Å². The molecule has 0 spiro atoms. The fraction of sp³-hybridized carbons (Fsp3) is 0.304. The molecule has 1 N–H and O–H groups in total. The Kier molecular flexibility index (Phi) is 5.91. The van der Waals surface area contributed by atoms with Gasteiger partial charge in [-0.05, 0) is 37.0 Å². The van der Waals surface area contributed by atoms with Crippen molar-refractivity contribution in [3.8, 4) is 11.5 Å². The molecule has 0 bridgehead atoms. The maximum atomic E-state index is 11.6. The number of nitrogens with zero attached hydrogens (tertiary/aromatic N) is 3. The molecule has 3 heterocycles. The number of aromatic nitrogens is 3. The van der Waals surface area contributed by atoms with Crippen molar-refractivity contribution >= 4 is 5.91 Å². The Balaban J connectivity index is 1.52. The number of carbonyl (C=O) groups is 1. The highest BCUT2D eigenvalue weighted by Crippen LogP contribution is 2.32. The molecule has 0 saturated carbocycles. The van der Waals surface area contributed by atoms with Gasteiger partial charge in [0.25, 0.3) is 0 Å². The zero-order valence-electron chi connectivity index (χ0n) is 16.4. The first-order valence-corrected chi connectivity index (χ1v) is 9.87. The largest absolute Gasteiger partial charge is 0.370 e. The van der Waals surface area contributed by atoms with Gasteiger partial charge in [0, 0.05) is 37.1 Å². The van der Waals surface area contributed by atoms with E-state index in [1.807, 2.05) is 36.4 Å². The molecular weight excluding hydrogens is 364 g/mol. The Morgan fingerprint density at radius 3 is 2.48 bits per heavy atom. The number of pyridine rings is 1. The molecule has 1 aliphatic rings. The molecule has 1 aromatic carbocycles. The average molecular weight is 388 g/mol. The molecule has 3 atom stereocenters. The maximum absolute atomic E-state index is 11.6. The Morgan fingerprint density at radius 2 is 1.79 bits per heavy atom. The minimum Gasteiger partial charge on any atom is -0.370 e. The van der Waals surface area contributed by atoms with E-state index in [1.165, 1.54) is 5.56 Å². The zero-order valence-corrected chi connectivity index (χ0v) is 16.4. The van der Waals surface area contributed by atoms with Crippen LogP contribution in [0.3, 0.4) is 0 Å². The molecule has 2 aromatic heterocycles. The quantitative estimate of drug-likeness (QED) is 0.724. The SMILES string of the molecule is CC(=O)NC1CC(Cc2ccccc2)OC(c2cnc(-c3ccccn3)nc2)C1. The number of nitrogens with one attached hydrogen (secondary N) is 1. The Labute approximate surface area is 170 Å². The summed E-state index contributed by atoms with van der Waals surface area (Å²) in [6, 6.07) is 16.0. The van der Waals surface area contributed by atoms with Crippen LogP contribution in [0.4, 0.5) is 0 Å². The minimum absolute atomic E-state index is 0.0171. The minimum atomic E-state index is -0.160. The standard InChI is InChI=1S/C23H24N4O2/c1-16(28)27-19-12-20(11-17-7-3-2-4-8-17)29-22(13-19)18-14-25-23(26-15-18)21-9-5-6-10-24-21/h2-10,14-15,19-20,22H,11-13H2,1H3,(H,27,28). The van der Waals surface area contributed by atoms with Crippen LogP contribution >= 0.6 is 0 Å². The highest BCUT2D eigenvalue weighted by molar-refractivity contribution is 5.73. The van der Waals surface area contributed by atoms with E-state index in [4.69, 9.17) is 4.74 Å². The second-order valence-corrected chi connectivity index (χ2v) is 7.36. The summed E-state index contributed by atoms with van der Waals surface area (Å²) >= 11 is 0. The van der Waals surface area contributed by atoms with Gasteiger partial charge in [0.15, 0.2) is 5.82 Å². The molecule has 1 aliphatic heterocycles. The van der Waals surface area contributed by atoms with Crippen LogP contribution in [0.15, 0.2) is 67.1 Å². The van der Waals surface area contributed by atoms with Crippen LogP contribution in [-0.2, 0) is 16.0 Å². The Morgan fingerprint density at radius 1 is 1.03 bits per heavy atom. The first-order chi connectivity index (χ1) is 14.2. The van der Waals surface area contributed by atoms with Crippen LogP contribution in [-0.4, -0.2) is 33.0 Å². The van der Waals surface area contributed by atoms with Gasteiger partial charge in [0.1, 0.15) is 5.69 Å². The molecule has 3 aromatic rings. The first kappa shape index (κ1) is 19.2. The molecular formula is C23H24N4O2. The number of carbonyl (C=O) groups excluding carboxylic acids is 1. The van der Waals surface area contributed by atoms with Gasteiger partial charge in [0.2, 0.25) is 5.91 Å². The number of benzene rings is 1. The number of hydrogen-bond donors (Lipinski definition) is 1. The number of ether oxygens (including phenoxy) is 1. The van der Waals surface area contributed by atoms with E-state index in [-0.39, 0.29) is 24.2 Å². The second kappa shape index (κ2) is 8.92. The van der Waals surface area contributed by atoms with Crippen molar-refractivity contribution in [2.75, 3.05) is 0 Å². The molecule has 6 heteroatoms. The van der Waals surface area contributed by atoms with Crippen molar-refractivity contribution < 1.29 is 9.53 Å². The highest BCUT2D eigenvalue weighted by Gasteiger charge is 2.31. The lowest BCUT2D eigenvalue weighted by Crippen LogP contribution is -2.42. The van der Waals surface area contributed by atoms with Gasteiger partial charge in [-0.15, -0.1) is 0 Å². The monoisotopic (exact) mass is 388 g/mol. The van der Waals surface area contributed by atoms with Crippen LogP contribution in [0.1, 0.15) is 37.0 Å². The fourth-order valence-electron chi connectivity index (χ4n) is 3.78. The summed E-state index contributed by atoms with van der Waals surface area (Å²) in [4.78, 5) is 24.9. The molecule has 6 nitrogen and oxygen atoms in total. The van der Waals surface area contributed by atoms with Crippen LogP contribution in [0.2, 0.25) is 0 Å². The lowest BCUT2D eigenvalue weighted by atomic mass is 9.92. The molecule has 1 amide bonds.